The van der Waals surface area contributed by atoms with E-state index < -0.39 is 0 Å². The normalized spacial score (nSPS) is 23.2. The maximum atomic E-state index is 13.2. The zero-order valence-corrected chi connectivity index (χ0v) is 19.8. The van der Waals surface area contributed by atoms with Crippen molar-refractivity contribution in [1.82, 2.24) is 14.8 Å². The molecule has 1 aliphatic heterocycles. The Morgan fingerprint density at radius 2 is 2.06 bits per heavy atom. The number of carbonyl (C=O) groups is 1. The van der Waals surface area contributed by atoms with Gasteiger partial charge in [0, 0.05) is 30.7 Å². The Balaban J connectivity index is 1.77. The number of fused-ring (bicyclic) bond motifs is 2. The second-order valence-electron chi connectivity index (χ2n) is 9.17. The highest BCUT2D eigenvalue weighted by atomic mass is 16.5. The summed E-state index contributed by atoms with van der Waals surface area (Å²) in [6.45, 7) is 13.3. The Hall–Kier alpha value is -2.27. The lowest BCUT2D eigenvalue weighted by Gasteiger charge is -2.51. The number of piperidine rings is 1. The Morgan fingerprint density at radius 1 is 1.29 bits per heavy atom. The van der Waals surface area contributed by atoms with Crippen LogP contribution in [0.25, 0.3) is 0 Å². The average Bonchev–Trinajstić information content (AvgIpc) is 3.12. The summed E-state index contributed by atoms with van der Waals surface area (Å²) in [4.78, 5) is 21.2. The monoisotopic (exact) mass is 423 g/mol. The number of H-pyrrole nitrogens is 1. The van der Waals surface area contributed by atoms with Crippen molar-refractivity contribution in [2.24, 2.45) is 5.92 Å². The molecule has 1 saturated heterocycles. The van der Waals surface area contributed by atoms with Crippen molar-refractivity contribution in [3.63, 3.8) is 0 Å². The minimum absolute atomic E-state index is 0.0834. The molecule has 1 aliphatic carbocycles. The zero-order valence-electron chi connectivity index (χ0n) is 19.8. The molecule has 168 valence electrons. The third-order valence-corrected chi connectivity index (χ3v) is 7.90. The summed E-state index contributed by atoms with van der Waals surface area (Å²) in [5.41, 5.74) is 6.04. The van der Waals surface area contributed by atoms with Crippen LogP contribution in [0.4, 0.5) is 0 Å². The van der Waals surface area contributed by atoms with Crippen LogP contribution in [-0.4, -0.2) is 60.5 Å². The summed E-state index contributed by atoms with van der Waals surface area (Å²) in [6, 6.07) is 8.67. The van der Waals surface area contributed by atoms with E-state index in [0.29, 0.717) is 5.92 Å². The number of carbonyl (C=O) groups excluding carboxylic acids is 1. The van der Waals surface area contributed by atoms with Crippen LogP contribution in [0.5, 0.6) is 5.75 Å². The molecule has 1 fully saturated rings. The van der Waals surface area contributed by atoms with Gasteiger partial charge in [0.25, 0.3) is 5.91 Å². The minimum Gasteiger partial charge on any atom is -0.497 e. The number of nitrogens with one attached hydrogen (secondary N) is 1. The highest BCUT2D eigenvalue weighted by Crippen LogP contribution is 2.49. The van der Waals surface area contributed by atoms with E-state index in [-0.39, 0.29) is 11.3 Å². The fraction of sp³-hybridized carbons (Fsp3) is 0.577. The molecule has 1 N–H and O–H groups in total. The number of amides is 1. The van der Waals surface area contributed by atoms with Crippen molar-refractivity contribution in [1.29, 1.82) is 0 Å². The number of rotatable bonds is 6. The standard InChI is InChI=1S/C26H37N3O2/c1-6-28-13-12-26(19-10-9-11-21(14-19)31-5)16-23-22(15-20(26)17-28)18(4)24(27-23)25(30)29(7-2)8-3/h9-11,14,20,27H,6-8,12-13,15-17H2,1-5H3/t20-,26+/m1/s1. The van der Waals surface area contributed by atoms with Crippen molar-refractivity contribution in [3.05, 3.63) is 52.3 Å². The summed E-state index contributed by atoms with van der Waals surface area (Å²) in [5, 5.41) is 0. The van der Waals surface area contributed by atoms with E-state index in [9.17, 15) is 4.79 Å². The van der Waals surface area contributed by atoms with Gasteiger partial charge in [-0.1, -0.05) is 19.1 Å². The average molecular weight is 424 g/mol. The lowest BCUT2D eigenvalue weighted by atomic mass is 9.58. The third-order valence-electron chi connectivity index (χ3n) is 7.90. The molecule has 0 unspecified atom stereocenters. The van der Waals surface area contributed by atoms with Crippen LogP contribution in [0.15, 0.2) is 24.3 Å². The van der Waals surface area contributed by atoms with E-state index >= 15 is 0 Å². The topological polar surface area (TPSA) is 48.6 Å². The molecular formula is C26H37N3O2. The van der Waals surface area contributed by atoms with Gasteiger partial charge in [0.05, 0.1) is 7.11 Å². The van der Waals surface area contributed by atoms with Crippen LogP contribution in [0.1, 0.15) is 60.1 Å². The number of hydrogen-bond acceptors (Lipinski definition) is 3. The van der Waals surface area contributed by atoms with E-state index in [4.69, 9.17) is 4.74 Å². The van der Waals surface area contributed by atoms with Gasteiger partial charge < -0.3 is 19.5 Å². The van der Waals surface area contributed by atoms with Gasteiger partial charge in [0.15, 0.2) is 0 Å². The molecule has 0 saturated carbocycles. The van der Waals surface area contributed by atoms with Gasteiger partial charge in [0.1, 0.15) is 11.4 Å². The van der Waals surface area contributed by atoms with Gasteiger partial charge in [-0.05, 0) is 87.9 Å². The SMILES string of the molecule is CCN1CC[C@@]2(c3cccc(OC)c3)Cc3[nH]c(C(=O)N(CC)CC)c(C)c3C[C@@H]2C1. The first-order valence-electron chi connectivity index (χ1n) is 11.8. The molecular weight excluding hydrogens is 386 g/mol. The Kier molecular flexibility index (Phi) is 6.16. The lowest BCUT2D eigenvalue weighted by molar-refractivity contribution is 0.0766. The van der Waals surface area contributed by atoms with Crippen LogP contribution in [-0.2, 0) is 18.3 Å². The molecule has 0 bridgehead atoms. The number of aromatic amines is 1. The molecule has 1 aromatic carbocycles. The number of likely N-dealkylation sites (tertiary alicyclic amines) is 1. The highest BCUT2D eigenvalue weighted by molar-refractivity contribution is 5.94. The fourth-order valence-corrected chi connectivity index (χ4v) is 5.90. The highest BCUT2D eigenvalue weighted by Gasteiger charge is 2.48. The second kappa shape index (κ2) is 8.70. The van der Waals surface area contributed by atoms with Gasteiger partial charge in [-0.15, -0.1) is 0 Å². The van der Waals surface area contributed by atoms with Gasteiger partial charge in [-0.25, -0.2) is 0 Å². The quantitative estimate of drug-likeness (QED) is 0.758. The molecule has 2 aliphatic rings. The fourth-order valence-electron chi connectivity index (χ4n) is 5.90. The molecule has 31 heavy (non-hydrogen) atoms. The first-order valence-corrected chi connectivity index (χ1v) is 11.8. The summed E-state index contributed by atoms with van der Waals surface area (Å²) < 4.78 is 5.57. The lowest BCUT2D eigenvalue weighted by Crippen LogP contribution is -2.53. The largest absolute Gasteiger partial charge is 0.497 e. The van der Waals surface area contributed by atoms with Crippen LogP contribution in [0.3, 0.4) is 0 Å². The molecule has 0 radical (unpaired) electrons. The maximum absolute atomic E-state index is 13.2. The molecule has 1 amide bonds. The van der Waals surface area contributed by atoms with Crippen molar-refractivity contribution in [3.8, 4) is 5.75 Å². The molecule has 5 heteroatoms. The Bertz CT molecular complexity index is 946. The number of methoxy groups -OCH3 is 1. The molecule has 2 atom stereocenters. The van der Waals surface area contributed by atoms with Crippen molar-refractivity contribution in [2.75, 3.05) is 39.8 Å². The Labute approximate surface area is 186 Å². The number of hydrogen-bond donors (Lipinski definition) is 1. The van der Waals surface area contributed by atoms with E-state index in [1.165, 1.54) is 16.8 Å². The van der Waals surface area contributed by atoms with Gasteiger partial charge in [-0.3, -0.25) is 4.79 Å². The molecule has 4 rings (SSSR count). The van der Waals surface area contributed by atoms with Crippen LogP contribution < -0.4 is 4.74 Å². The smallest absolute Gasteiger partial charge is 0.270 e. The molecule has 0 spiro atoms. The van der Waals surface area contributed by atoms with E-state index in [2.05, 4.69) is 41.9 Å². The van der Waals surface area contributed by atoms with E-state index in [0.717, 1.165) is 69.0 Å². The first-order chi connectivity index (χ1) is 15.0. The predicted molar refractivity (Wildman–Crippen MR) is 125 cm³/mol. The van der Waals surface area contributed by atoms with Crippen molar-refractivity contribution in [2.45, 2.75) is 52.4 Å². The van der Waals surface area contributed by atoms with Crippen LogP contribution in [0.2, 0.25) is 0 Å². The predicted octanol–water partition coefficient (Wildman–Crippen LogP) is 4.19. The van der Waals surface area contributed by atoms with Crippen molar-refractivity contribution >= 4 is 5.91 Å². The summed E-state index contributed by atoms with van der Waals surface area (Å²) in [5.74, 6) is 1.59. The first kappa shape index (κ1) is 21.9. The summed E-state index contributed by atoms with van der Waals surface area (Å²) in [7, 11) is 1.74. The summed E-state index contributed by atoms with van der Waals surface area (Å²) >= 11 is 0. The van der Waals surface area contributed by atoms with Crippen LogP contribution in [0, 0.1) is 12.8 Å². The number of aromatic nitrogens is 1. The van der Waals surface area contributed by atoms with E-state index in [1.807, 2.05) is 24.8 Å². The number of nitrogens with zero attached hydrogens (tertiary/aromatic N) is 2. The molecule has 2 aromatic rings. The molecule has 5 nitrogen and oxygen atoms in total. The van der Waals surface area contributed by atoms with Crippen LogP contribution >= 0.6 is 0 Å². The molecule has 2 heterocycles. The van der Waals surface area contributed by atoms with Gasteiger partial charge in [-0.2, -0.15) is 0 Å². The zero-order chi connectivity index (χ0) is 22.2. The van der Waals surface area contributed by atoms with Crippen molar-refractivity contribution < 1.29 is 9.53 Å². The summed E-state index contributed by atoms with van der Waals surface area (Å²) in [6.07, 6.45) is 3.12. The number of ether oxygens (including phenoxy) is 1. The van der Waals surface area contributed by atoms with Gasteiger partial charge >= 0.3 is 0 Å². The van der Waals surface area contributed by atoms with E-state index in [1.54, 1.807) is 7.11 Å². The second-order valence-corrected chi connectivity index (χ2v) is 9.17. The third kappa shape index (κ3) is 3.67. The minimum atomic E-state index is 0.0834. The number of benzene rings is 1. The Morgan fingerprint density at radius 3 is 2.74 bits per heavy atom. The maximum Gasteiger partial charge on any atom is 0.270 e. The molecule has 1 aromatic heterocycles. The van der Waals surface area contributed by atoms with Gasteiger partial charge in [0.2, 0.25) is 0 Å².